The van der Waals surface area contributed by atoms with E-state index < -0.39 is 0 Å². The first-order chi connectivity index (χ1) is 7.49. The first-order valence-corrected chi connectivity index (χ1v) is 5.85. The second-order valence-corrected chi connectivity index (χ2v) is 4.85. The van der Waals surface area contributed by atoms with E-state index in [1.807, 2.05) is 13.1 Å². The lowest BCUT2D eigenvalue weighted by atomic mass is 10.0. The van der Waals surface area contributed by atoms with Crippen molar-refractivity contribution in [2.24, 2.45) is 7.05 Å². The maximum absolute atomic E-state index is 5.79. The summed E-state index contributed by atoms with van der Waals surface area (Å²) in [5.74, 6) is 0.673. The van der Waals surface area contributed by atoms with E-state index in [1.165, 1.54) is 11.1 Å². The second-order valence-electron chi connectivity index (χ2n) is 4.00. The van der Waals surface area contributed by atoms with Crippen LogP contribution >= 0.6 is 15.9 Å². The number of aromatic nitrogens is 2. The average molecular weight is 280 g/mol. The molecule has 0 aliphatic rings. The normalized spacial score (nSPS) is 10.8. The molecule has 0 aliphatic carbocycles. The van der Waals surface area contributed by atoms with Gasteiger partial charge in [-0.2, -0.15) is 5.10 Å². The molecule has 16 heavy (non-hydrogen) atoms. The first-order valence-electron chi connectivity index (χ1n) is 5.05. The van der Waals surface area contributed by atoms with E-state index in [-0.39, 0.29) is 0 Å². The molecule has 0 fully saturated rings. The van der Waals surface area contributed by atoms with E-state index in [4.69, 9.17) is 5.73 Å². The van der Waals surface area contributed by atoms with Crippen molar-refractivity contribution in [2.75, 3.05) is 5.73 Å². The minimum Gasteiger partial charge on any atom is -0.384 e. The van der Waals surface area contributed by atoms with Gasteiger partial charge in [0.15, 0.2) is 0 Å². The van der Waals surface area contributed by atoms with Crippen LogP contribution in [0.3, 0.4) is 0 Å². The number of nitrogens with zero attached hydrogens (tertiary/aromatic N) is 2. The Morgan fingerprint density at radius 2 is 1.94 bits per heavy atom. The molecule has 2 N–H and O–H groups in total. The van der Waals surface area contributed by atoms with E-state index in [0.717, 1.165) is 15.7 Å². The van der Waals surface area contributed by atoms with Gasteiger partial charge in [0, 0.05) is 23.2 Å². The molecule has 0 spiro atoms. The van der Waals surface area contributed by atoms with Gasteiger partial charge in [-0.3, -0.25) is 4.68 Å². The van der Waals surface area contributed by atoms with E-state index in [1.54, 1.807) is 4.68 Å². The number of benzene rings is 1. The van der Waals surface area contributed by atoms with Crippen molar-refractivity contribution < 1.29 is 0 Å². The molecule has 3 nitrogen and oxygen atoms in total. The Hall–Kier alpha value is -1.29. The molecule has 4 heteroatoms. The number of nitrogens with two attached hydrogens (primary N) is 1. The third-order valence-corrected chi connectivity index (χ3v) is 3.50. The summed E-state index contributed by atoms with van der Waals surface area (Å²) in [6.07, 6.45) is 0. The zero-order chi connectivity index (χ0) is 11.9. The van der Waals surface area contributed by atoms with Gasteiger partial charge < -0.3 is 5.73 Å². The summed E-state index contributed by atoms with van der Waals surface area (Å²) >= 11 is 3.55. The smallest absolute Gasteiger partial charge is 0.121 e. The van der Waals surface area contributed by atoms with Crippen LogP contribution in [-0.4, -0.2) is 9.78 Å². The number of anilines is 1. The molecule has 0 aliphatic heterocycles. The van der Waals surface area contributed by atoms with E-state index in [0.29, 0.717) is 5.82 Å². The maximum atomic E-state index is 5.79. The molecular weight excluding hydrogens is 266 g/mol. The maximum Gasteiger partial charge on any atom is 0.121 e. The molecule has 1 aromatic carbocycles. The van der Waals surface area contributed by atoms with Crippen LogP contribution < -0.4 is 5.73 Å². The van der Waals surface area contributed by atoms with Gasteiger partial charge in [-0.1, -0.05) is 15.9 Å². The van der Waals surface area contributed by atoms with Crippen LogP contribution in [0.4, 0.5) is 5.82 Å². The van der Waals surface area contributed by atoms with E-state index >= 15 is 0 Å². The number of halogens is 1. The lowest BCUT2D eigenvalue weighted by molar-refractivity contribution is 0.782. The quantitative estimate of drug-likeness (QED) is 0.872. The molecule has 0 radical (unpaired) electrons. The molecule has 0 saturated heterocycles. The summed E-state index contributed by atoms with van der Waals surface area (Å²) in [6, 6.07) is 6.13. The number of hydrogen-bond donors (Lipinski definition) is 1. The van der Waals surface area contributed by atoms with Gasteiger partial charge in [-0.15, -0.1) is 0 Å². The Bertz CT molecular complexity index is 524. The van der Waals surface area contributed by atoms with Crippen molar-refractivity contribution >= 4 is 21.7 Å². The summed E-state index contributed by atoms with van der Waals surface area (Å²) in [5.41, 5.74) is 10.2. The number of aryl methyl sites for hydroxylation is 2. The molecule has 0 saturated carbocycles. The van der Waals surface area contributed by atoms with Crippen LogP contribution in [0.25, 0.3) is 11.3 Å². The zero-order valence-corrected chi connectivity index (χ0v) is 11.2. The summed E-state index contributed by atoms with van der Waals surface area (Å²) in [5, 5.41) is 4.39. The fraction of sp³-hybridized carbons (Fsp3) is 0.250. The van der Waals surface area contributed by atoms with Crippen LogP contribution in [0.2, 0.25) is 0 Å². The molecule has 1 heterocycles. The van der Waals surface area contributed by atoms with Gasteiger partial charge in [0.2, 0.25) is 0 Å². The van der Waals surface area contributed by atoms with E-state index in [2.05, 4.69) is 47.0 Å². The highest BCUT2D eigenvalue weighted by molar-refractivity contribution is 9.10. The number of nitrogen functional groups attached to an aromatic ring is 1. The van der Waals surface area contributed by atoms with Crippen molar-refractivity contribution in [3.63, 3.8) is 0 Å². The summed E-state index contributed by atoms with van der Waals surface area (Å²) < 4.78 is 2.79. The monoisotopic (exact) mass is 279 g/mol. The molecule has 0 amide bonds. The van der Waals surface area contributed by atoms with Crippen LogP contribution in [0.1, 0.15) is 11.1 Å². The lowest BCUT2D eigenvalue weighted by Crippen LogP contribution is -1.96. The molecule has 2 rings (SSSR count). The predicted molar refractivity (Wildman–Crippen MR) is 70.2 cm³/mol. The highest BCUT2D eigenvalue weighted by Gasteiger charge is 2.10. The third kappa shape index (κ3) is 1.85. The van der Waals surface area contributed by atoms with Crippen LogP contribution in [0, 0.1) is 13.8 Å². The van der Waals surface area contributed by atoms with Crippen molar-refractivity contribution in [3.8, 4) is 11.3 Å². The fourth-order valence-corrected chi connectivity index (χ4v) is 2.27. The van der Waals surface area contributed by atoms with Crippen molar-refractivity contribution in [1.82, 2.24) is 9.78 Å². The van der Waals surface area contributed by atoms with Crippen molar-refractivity contribution in [3.05, 3.63) is 33.8 Å². The summed E-state index contributed by atoms with van der Waals surface area (Å²) in [6.45, 7) is 4.14. The van der Waals surface area contributed by atoms with Crippen molar-refractivity contribution in [1.29, 1.82) is 0 Å². The molecular formula is C12H14BrN3. The SMILES string of the molecule is Cc1cc(Br)c(C)c(-c2cc(N)n(C)n2)c1. The molecule has 0 atom stereocenters. The molecule has 2 aromatic rings. The Morgan fingerprint density at radius 1 is 1.25 bits per heavy atom. The Morgan fingerprint density at radius 3 is 2.50 bits per heavy atom. The average Bonchev–Trinajstić information content (AvgIpc) is 2.53. The standard InChI is InChI=1S/C12H14BrN3/c1-7-4-9(8(2)10(13)5-7)11-6-12(14)16(3)15-11/h4-6H,14H2,1-3H3. The number of rotatable bonds is 1. The predicted octanol–water partition coefficient (Wildman–Crippen LogP) is 3.05. The van der Waals surface area contributed by atoms with Gasteiger partial charge in [0.1, 0.15) is 5.82 Å². The molecule has 1 aromatic heterocycles. The third-order valence-electron chi connectivity index (χ3n) is 2.68. The Labute approximate surface area is 103 Å². The van der Waals surface area contributed by atoms with E-state index in [9.17, 15) is 0 Å². The first kappa shape index (κ1) is 11.2. The fourth-order valence-electron chi connectivity index (χ4n) is 1.69. The van der Waals surface area contributed by atoms with Gasteiger partial charge >= 0.3 is 0 Å². The highest BCUT2D eigenvalue weighted by Crippen LogP contribution is 2.30. The van der Waals surface area contributed by atoms with Gasteiger partial charge in [0.05, 0.1) is 5.69 Å². The zero-order valence-electron chi connectivity index (χ0n) is 9.58. The van der Waals surface area contributed by atoms with Gasteiger partial charge in [-0.25, -0.2) is 0 Å². The Balaban J connectivity index is 2.63. The Kier molecular flexibility index (Phi) is 2.76. The van der Waals surface area contributed by atoms with Gasteiger partial charge in [-0.05, 0) is 37.1 Å². The minimum absolute atomic E-state index is 0.673. The molecule has 84 valence electrons. The van der Waals surface area contributed by atoms with Crippen LogP contribution in [0.15, 0.2) is 22.7 Å². The summed E-state index contributed by atoms with van der Waals surface area (Å²) in [7, 11) is 1.85. The van der Waals surface area contributed by atoms with Crippen LogP contribution in [-0.2, 0) is 7.05 Å². The second kappa shape index (κ2) is 3.94. The topological polar surface area (TPSA) is 43.8 Å². The molecule has 0 unspecified atom stereocenters. The largest absolute Gasteiger partial charge is 0.384 e. The minimum atomic E-state index is 0.673. The lowest BCUT2D eigenvalue weighted by Gasteiger charge is -2.06. The highest BCUT2D eigenvalue weighted by atomic mass is 79.9. The summed E-state index contributed by atoms with van der Waals surface area (Å²) in [4.78, 5) is 0. The van der Waals surface area contributed by atoms with Gasteiger partial charge in [0.25, 0.3) is 0 Å². The molecule has 0 bridgehead atoms. The number of hydrogen-bond acceptors (Lipinski definition) is 2. The van der Waals surface area contributed by atoms with Crippen LogP contribution in [0.5, 0.6) is 0 Å². The van der Waals surface area contributed by atoms with Crippen molar-refractivity contribution in [2.45, 2.75) is 13.8 Å².